The van der Waals surface area contributed by atoms with Crippen molar-refractivity contribution in [3.05, 3.63) is 64.9 Å². The van der Waals surface area contributed by atoms with Gasteiger partial charge in [-0.3, -0.25) is 0 Å². The molecule has 1 aliphatic heterocycles. The van der Waals surface area contributed by atoms with Gasteiger partial charge in [0.05, 0.1) is 24.1 Å². The molecule has 11 heteroatoms. The number of amides is 1. The van der Waals surface area contributed by atoms with Crippen molar-refractivity contribution in [2.45, 2.75) is 70.6 Å². The van der Waals surface area contributed by atoms with E-state index in [1.165, 1.54) is 11.0 Å². The molecule has 4 aromatic rings. The van der Waals surface area contributed by atoms with Crippen molar-refractivity contribution in [3.63, 3.8) is 0 Å². The van der Waals surface area contributed by atoms with Crippen LogP contribution in [-0.2, 0) is 0 Å². The van der Waals surface area contributed by atoms with Crippen LogP contribution in [0.3, 0.4) is 0 Å². The van der Waals surface area contributed by atoms with Crippen LogP contribution in [-0.4, -0.2) is 59.8 Å². The Labute approximate surface area is 280 Å². The molecule has 0 aliphatic carbocycles. The molecule has 5 rings (SSSR count). The fourth-order valence-corrected chi connectivity index (χ4v) is 12.8. The van der Waals surface area contributed by atoms with E-state index in [9.17, 15) is 15.2 Å². The summed E-state index contributed by atoms with van der Waals surface area (Å²) in [6.07, 6.45) is -1.11. The fraction of sp³-hybridized carbons (Fsp3) is 0.389. The van der Waals surface area contributed by atoms with E-state index in [-0.39, 0.29) is 48.0 Å². The van der Waals surface area contributed by atoms with Crippen molar-refractivity contribution in [2.75, 3.05) is 24.5 Å². The van der Waals surface area contributed by atoms with Crippen molar-refractivity contribution in [1.82, 2.24) is 14.9 Å². The van der Waals surface area contributed by atoms with Crippen LogP contribution in [0.1, 0.15) is 53.5 Å². The summed E-state index contributed by atoms with van der Waals surface area (Å²) in [6.45, 7) is 13.8. The van der Waals surface area contributed by atoms with Crippen LogP contribution in [0, 0.1) is 34.4 Å². The maximum atomic E-state index is 16.7. The first-order valence-corrected chi connectivity index (χ1v) is 18.4. The first kappa shape index (κ1) is 34.1. The van der Waals surface area contributed by atoms with Gasteiger partial charge in [-0.1, -0.05) is 77.8 Å². The van der Waals surface area contributed by atoms with Crippen LogP contribution in [0.2, 0.25) is 21.9 Å². The molecule has 1 atom stereocenters. The van der Waals surface area contributed by atoms with E-state index in [1.54, 1.807) is 24.3 Å². The number of nitrogens with zero attached hydrogens (tertiary/aromatic N) is 5. The van der Waals surface area contributed by atoms with Gasteiger partial charge in [0.1, 0.15) is 25.2 Å². The fourth-order valence-electron chi connectivity index (χ4n) is 7.45. The molecule has 1 aliphatic rings. The van der Waals surface area contributed by atoms with Gasteiger partial charge in [0.2, 0.25) is 5.28 Å². The highest BCUT2D eigenvalue weighted by atomic mass is 35.5. The second kappa shape index (κ2) is 13.5. The number of benzene rings is 3. The minimum Gasteiger partial charge on any atom is -0.465 e. The molecule has 47 heavy (non-hydrogen) atoms. The number of halogens is 3. The molecule has 0 bridgehead atoms. The Morgan fingerprint density at radius 3 is 2.36 bits per heavy atom. The molecule has 0 spiro atoms. The minimum absolute atomic E-state index is 0.00393. The molecule has 1 aromatic heterocycles. The first-order valence-electron chi connectivity index (χ1n) is 15.8. The van der Waals surface area contributed by atoms with Gasteiger partial charge in [-0.2, -0.15) is 10.2 Å². The molecule has 0 radical (unpaired) electrons. The number of nitriles is 1. The third-order valence-electron chi connectivity index (χ3n) is 9.67. The van der Waals surface area contributed by atoms with Gasteiger partial charge in [0.25, 0.3) is 0 Å². The van der Waals surface area contributed by atoms with Crippen LogP contribution >= 0.6 is 11.6 Å². The van der Waals surface area contributed by atoms with Gasteiger partial charge in [0, 0.05) is 36.0 Å². The number of piperazine rings is 1. The van der Waals surface area contributed by atoms with Crippen molar-refractivity contribution in [1.29, 1.82) is 5.26 Å². The molecule has 1 N–H and O–H groups in total. The minimum atomic E-state index is -2.21. The zero-order valence-corrected chi connectivity index (χ0v) is 29.2. The highest BCUT2D eigenvalue weighted by molar-refractivity contribution is 6.90. The first-order chi connectivity index (χ1) is 22.3. The average molecular weight is 674 g/mol. The zero-order chi connectivity index (χ0) is 34.2. The van der Waals surface area contributed by atoms with Gasteiger partial charge in [-0.15, -0.1) is 5.54 Å². The Bertz CT molecular complexity index is 1950. The number of aromatic nitrogens is 2. The van der Waals surface area contributed by atoms with Crippen molar-refractivity contribution >= 4 is 53.3 Å². The van der Waals surface area contributed by atoms with Crippen LogP contribution in [0.5, 0.6) is 0 Å². The lowest BCUT2D eigenvalue weighted by Gasteiger charge is -2.39. The number of fused-ring (bicyclic) bond motifs is 2. The van der Waals surface area contributed by atoms with E-state index < -0.39 is 31.8 Å². The van der Waals surface area contributed by atoms with Crippen LogP contribution in [0.4, 0.5) is 19.4 Å². The summed E-state index contributed by atoms with van der Waals surface area (Å²) in [5.41, 5.74) is 5.63. The second-order valence-electron chi connectivity index (χ2n) is 13.1. The van der Waals surface area contributed by atoms with E-state index >= 15 is 8.78 Å². The van der Waals surface area contributed by atoms with E-state index in [1.807, 2.05) is 23.1 Å². The molecule has 3 aromatic carbocycles. The third kappa shape index (κ3) is 6.13. The topological polar surface area (TPSA) is 93.3 Å². The summed E-state index contributed by atoms with van der Waals surface area (Å²) in [7, 11) is -2.21. The summed E-state index contributed by atoms with van der Waals surface area (Å²) < 4.78 is 32.4. The summed E-state index contributed by atoms with van der Waals surface area (Å²) >= 11 is 6.36. The van der Waals surface area contributed by atoms with E-state index in [0.29, 0.717) is 38.8 Å². The Balaban J connectivity index is 1.69. The van der Waals surface area contributed by atoms with Gasteiger partial charge in [0.15, 0.2) is 5.82 Å². The van der Waals surface area contributed by atoms with Gasteiger partial charge >= 0.3 is 6.09 Å². The standard InChI is InChI=1S/C36H38ClF2N5O2Si/c1-21(2)47(22(3)4,23(5)6)19-15-28-30(38)13-10-24-8-7-9-26(31(24)28)27-11-12-29-33(32(27)39)41-35(37)42-34(29)43-17-18-44(36(45)46)25(20-43)14-16-40/h7-13,21-23,25H,14,17-18,20H2,1-6H3,(H,45,46). The Morgan fingerprint density at radius 2 is 1.72 bits per heavy atom. The van der Waals surface area contributed by atoms with Crippen LogP contribution < -0.4 is 4.90 Å². The van der Waals surface area contributed by atoms with Gasteiger partial charge < -0.3 is 14.9 Å². The van der Waals surface area contributed by atoms with E-state index in [4.69, 9.17) is 11.6 Å². The number of carboxylic acid groups (broad SMARTS) is 1. The van der Waals surface area contributed by atoms with E-state index in [2.05, 4.69) is 63.0 Å². The zero-order valence-electron chi connectivity index (χ0n) is 27.4. The van der Waals surface area contributed by atoms with Crippen molar-refractivity contribution in [2.24, 2.45) is 0 Å². The Hall–Kier alpha value is -4.25. The average Bonchev–Trinajstić information content (AvgIpc) is 3.01. The predicted octanol–water partition coefficient (Wildman–Crippen LogP) is 9.03. The number of carbonyl (C=O) groups is 1. The lowest BCUT2D eigenvalue weighted by molar-refractivity contribution is 0.119. The summed E-state index contributed by atoms with van der Waals surface area (Å²) in [6, 6.07) is 13.3. The second-order valence-corrected chi connectivity index (χ2v) is 19.0. The molecule has 7 nitrogen and oxygen atoms in total. The summed E-state index contributed by atoms with van der Waals surface area (Å²) in [5.74, 6) is 2.54. The smallest absolute Gasteiger partial charge is 0.407 e. The molecule has 1 fully saturated rings. The number of rotatable bonds is 6. The van der Waals surface area contributed by atoms with Gasteiger partial charge in [-0.25, -0.2) is 18.6 Å². The Kier molecular flexibility index (Phi) is 9.77. The number of hydrogen-bond acceptors (Lipinski definition) is 5. The molecule has 1 amide bonds. The molecular formula is C36H38ClF2N5O2Si. The SMILES string of the molecule is CC(C)[Si](C#Cc1c(F)ccc2cccc(-c3ccc4c(N5CCN(C(=O)O)C(CC#N)C5)nc(Cl)nc4c3F)c12)(C(C)C)C(C)C. The molecule has 1 saturated heterocycles. The number of hydrogen-bond donors (Lipinski definition) is 1. The van der Waals surface area contributed by atoms with Crippen LogP contribution in [0.15, 0.2) is 42.5 Å². The molecule has 1 unspecified atom stereocenters. The highest BCUT2D eigenvalue weighted by Gasteiger charge is 2.42. The van der Waals surface area contributed by atoms with Crippen LogP contribution in [0.25, 0.3) is 32.8 Å². The quantitative estimate of drug-likeness (QED) is 0.125. The maximum Gasteiger partial charge on any atom is 0.407 e. The summed E-state index contributed by atoms with van der Waals surface area (Å²) in [5, 5.41) is 20.4. The maximum absolute atomic E-state index is 16.7. The van der Waals surface area contributed by atoms with Gasteiger partial charge in [-0.05, 0) is 51.3 Å². The third-order valence-corrected chi connectivity index (χ3v) is 16.1. The molecule has 0 saturated carbocycles. The largest absolute Gasteiger partial charge is 0.465 e. The molecule has 244 valence electrons. The molecular weight excluding hydrogens is 636 g/mol. The monoisotopic (exact) mass is 673 g/mol. The van der Waals surface area contributed by atoms with Crippen molar-refractivity contribution < 1.29 is 18.7 Å². The van der Waals surface area contributed by atoms with Crippen molar-refractivity contribution in [3.8, 4) is 28.7 Å². The summed E-state index contributed by atoms with van der Waals surface area (Å²) in [4.78, 5) is 23.5. The number of anilines is 1. The Morgan fingerprint density at radius 1 is 1.02 bits per heavy atom. The normalized spacial score (nSPS) is 15.4. The lowest BCUT2D eigenvalue weighted by atomic mass is 9.93. The lowest BCUT2D eigenvalue weighted by Crippen LogP contribution is -2.55. The predicted molar refractivity (Wildman–Crippen MR) is 186 cm³/mol. The van der Waals surface area contributed by atoms with E-state index in [0.717, 1.165) is 5.39 Å². The molecule has 2 heterocycles. The highest BCUT2D eigenvalue weighted by Crippen LogP contribution is 2.42.